The molecule has 0 fully saturated rings. The number of aromatic nitrogens is 5. The molecule has 0 radical (unpaired) electrons. The van der Waals surface area contributed by atoms with Gasteiger partial charge in [0.05, 0.1) is 17.6 Å². The van der Waals surface area contributed by atoms with E-state index in [1.54, 1.807) is 18.3 Å². The summed E-state index contributed by atoms with van der Waals surface area (Å²) in [7, 11) is 1.45. The number of amides is 1. The second-order valence-corrected chi connectivity index (χ2v) is 4.65. The Balaban J connectivity index is 1.82. The van der Waals surface area contributed by atoms with E-state index in [9.17, 15) is 14.0 Å². The Bertz CT molecular complexity index is 924. The lowest BCUT2D eigenvalue weighted by molar-refractivity contribution is 0.116. The van der Waals surface area contributed by atoms with Crippen molar-refractivity contribution in [2.75, 3.05) is 11.9 Å². The zero-order valence-corrected chi connectivity index (χ0v) is 12.4. The number of carbonyl (C=O) groups is 1. The third kappa shape index (κ3) is 2.97. The number of tetrazole rings is 1. The highest BCUT2D eigenvalue weighted by molar-refractivity contribution is 5.86. The molecule has 0 bridgehead atoms. The fraction of sp³-hybridized carbons (Fsp3) is 0.0714. The molecule has 0 spiro atoms. The Morgan fingerprint density at radius 2 is 2.08 bits per heavy atom. The van der Waals surface area contributed by atoms with Crippen LogP contribution < -0.4 is 15.4 Å². The lowest BCUT2D eigenvalue weighted by Gasteiger charge is -2.14. The molecular formula is C14H11FN6O3. The normalized spacial score (nSPS) is 10.4. The highest BCUT2D eigenvalue weighted by atomic mass is 19.1. The van der Waals surface area contributed by atoms with Gasteiger partial charge in [0.1, 0.15) is 5.82 Å². The van der Waals surface area contributed by atoms with Crippen LogP contribution in [-0.4, -0.2) is 38.1 Å². The molecular weight excluding hydrogens is 319 g/mol. The van der Waals surface area contributed by atoms with Crippen LogP contribution in [0, 0.1) is 5.82 Å². The predicted molar refractivity (Wildman–Crippen MR) is 80.2 cm³/mol. The van der Waals surface area contributed by atoms with Crippen LogP contribution in [0.1, 0.15) is 0 Å². The van der Waals surface area contributed by atoms with E-state index in [0.29, 0.717) is 10.5 Å². The van der Waals surface area contributed by atoms with E-state index >= 15 is 0 Å². The summed E-state index contributed by atoms with van der Waals surface area (Å²) >= 11 is 0. The first-order chi connectivity index (χ1) is 11.6. The number of anilines is 1. The molecule has 1 aromatic carbocycles. The van der Waals surface area contributed by atoms with Crippen molar-refractivity contribution in [2.24, 2.45) is 0 Å². The average molecular weight is 330 g/mol. The van der Waals surface area contributed by atoms with Crippen LogP contribution in [0.4, 0.5) is 14.9 Å². The highest BCUT2D eigenvalue weighted by Gasteiger charge is 2.18. The van der Waals surface area contributed by atoms with Crippen molar-refractivity contribution in [3.8, 4) is 5.69 Å². The van der Waals surface area contributed by atoms with Crippen LogP contribution >= 0.6 is 0 Å². The Morgan fingerprint density at radius 3 is 2.79 bits per heavy atom. The number of rotatable bonds is 3. The summed E-state index contributed by atoms with van der Waals surface area (Å²) < 4.78 is 14.0. The monoisotopic (exact) mass is 330 g/mol. The van der Waals surface area contributed by atoms with Gasteiger partial charge >= 0.3 is 11.8 Å². The molecule has 0 aliphatic heterocycles. The highest BCUT2D eigenvalue weighted by Crippen LogP contribution is 2.09. The number of hydrogen-bond donors (Lipinski definition) is 0. The summed E-state index contributed by atoms with van der Waals surface area (Å²) in [6, 6.07) is 8.49. The summed E-state index contributed by atoms with van der Waals surface area (Å²) in [5.74, 6) is -0.540. The van der Waals surface area contributed by atoms with Crippen LogP contribution in [-0.2, 0) is 0 Å². The van der Waals surface area contributed by atoms with Gasteiger partial charge in [0.2, 0.25) is 0 Å². The van der Waals surface area contributed by atoms with Crippen molar-refractivity contribution in [1.29, 1.82) is 0 Å². The summed E-state index contributed by atoms with van der Waals surface area (Å²) in [5.41, 5.74) is -0.232. The number of nitrogens with zero attached hydrogens (tertiary/aromatic N) is 6. The molecule has 122 valence electrons. The molecule has 2 aromatic heterocycles. The maximum Gasteiger partial charge on any atom is 0.440 e. The zero-order chi connectivity index (χ0) is 17.1. The van der Waals surface area contributed by atoms with Crippen molar-refractivity contribution in [3.63, 3.8) is 0 Å². The van der Waals surface area contributed by atoms with E-state index in [2.05, 4.69) is 15.4 Å². The first-order valence-electron chi connectivity index (χ1n) is 6.73. The van der Waals surface area contributed by atoms with E-state index < -0.39 is 17.6 Å². The van der Waals surface area contributed by atoms with Gasteiger partial charge < -0.3 is 0 Å². The molecule has 0 N–H and O–H groups in total. The molecule has 24 heavy (non-hydrogen) atoms. The quantitative estimate of drug-likeness (QED) is 0.654. The second-order valence-electron chi connectivity index (χ2n) is 4.65. The Hall–Kier alpha value is -3.56. The van der Waals surface area contributed by atoms with E-state index in [1.165, 1.54) is 31.4 Å². The first-order valence-corrected chi connectivity index (χ1v) is 6.73. The molecule has 9 nitrogen and oxygen atoms in total. The zero-order valence-electron chi connectivity index (χ0n) is 12.4. The molecule has 0 saturated carbocycles. The Morgan fingerprint density at radius 1 is 1.25 bits per heavy atom. The van der Waals surface area contributed by atoms with Gasteiger partial charge in [0.15, 0.2) is 0 Å². The minimum absolute atomic E-state index is 0.155. The maximum absolute atomic E-state index is 13.2. The molecule has 10 heteroatoms. The van der Waals surface area contributed by atoms with Crippen molar-refractivity contribution >= 4 is 11.8 Å². The molecule has 0 saturated heterocycles. The first kappa shape index (κ1) is 15.3. The van der Waals surface area contributed by atoms with Gasteiger partial charge in [-0.1, -0.05) is 6.07 Å². The average Bonchev–Trinajstić information content (AvgIpc) is 2.95. The lowest BCUT2D eigenvalue weighted by atomic mass is 10.3. The summed E-state index contributed by atoms with van der Waals surface area (Å²) in [6.45, 7) is 0. The third-order valence-electron chi connectivity index (χ3n) is 3.08. The maximum atomic E-state index is 13.2. The molecule has 3 rings (SSSR count). The van der Waals surface area contributed by atoms with Gasteiger partial charge in [-0.2, -0.15) is 4.68 Å². The lowest BCUT2D eigenvalue weighted by Crippen LogP contribution is -2.39. The van der Waals surface area contributed by atoms with Gasteiger partial charge in [0.25, 0.3) is 0 Å². The van der Waals surface area contributed by atoms with Crippen LogP contribution in [0.3, 0.4) is 0 Å². The molecule has 2 heterocycles. The number of halogens is 1. The Labute approximate surface area is 134 Å². The summed E-state index contributed by atoms with van der Waals surface area (Å²) in [4.78, 5) is 34.5. The van der Waals surface area contributed by atoms with Gasteiger partial charge in [-0.15, -0.1) is 0 Å². The van der Waals surface area contributed by atoms with E-state index in [4.69, 9.17) is 4.84 Å². The summed E-state index contributed by atoms with van der Waals surface area (Å²) in [6.07, 6.45) is 2.14. The van der Waals surface area contributed by atoms with Gasteiger partial charge in [0, 0.05) is 13.2 Å². The minimum atomic E-state index is -0.864. The number of hydrogen-bond acceptors (Lipinski definition) is 6. The van der Waals surface area contributed by atoms with Crippen molar-refractivity contribution in [3.05, 3.63) is 65.1 Å². The van der Waals surface area contributed by atoms with Crippen molar-refractivity contribution < 1.29 is 14.0 Å². The van der Waals surface area contributed by atoms with E-state index in [1.807, 2.05) is 0 Å². The van der Waals surface area contributed by atoms with Crippen LogP contribution in [0.5, 0.6) is 0 Å². The smallest absolute Gasteiger partial charge is 0.292 e. The summed E-state index contributed by atoms with van der Waals surface area (Å²) in [5, 5.41) is 7.00. The molecule has 0 aliphatic rings. The number of carbonyl (C=O) groups excluding carboxylic acids is 1. The predicted octanol–water partition coefficient (Wildman–Crippen LogP) is 0.648. The fourth-order valence-electron chi connectivity index (χ4n) is 1.85. The fourth-order valence-corrected chi connectivity index (χ4v) is 1.85. The molecule has 0 unspecified atom stereocenters. The van der Waals surface area contributed by atoms with Gasteiger partial charge in [-0.3, -0.25) is 14.7 Å². The molecule has 3 aromatic rings. The van der Waals surface area contributed by atoms with Crippen LogP contribution in [0.2, 0.25) is 0 Å². The topological polar surface area (TPSA) is 95.1 Å². The number of pyridine rings is 1. The molecule has 0 aliphatic carbocycles. The van der Waals surface area contributed by atoms with Crippen LogP contribution in [0.15, 0.2) is 53.6 Å². The second kappa shape index (κ2) is 6.28. The van der Waals surface area contributed by atoms with Crippen molar-refractivity contribution in [1.82, 2.24) is 24.9 Å². The van der Waals surface area contributed by atoms with Gasteiger partial charge in [-0.05, 0) is 45.6 Å². The number of benzene rings is 1. The molecule has 0 atom stereocenters. The standard InChI is InChI=1S/C14H11FN6O3/c1-19(12-6-3-7-16-9-12)14(23)24-21-13(22)20(17-18-21)11-5-2-4-10(15)8-11/h2-9H,1H3. The van der Waals surface area contributed by atoms with Crippen LogP contribution in [0.25, 0.3) is 5.69 Å². The van der Waals surface area contributed by atoms with E-state index in [-0.39, 0.29) is 5.69 Å². The Kier molecular flexibility index (Phi) is 4.01. The minimum Gasteiger partial charge on any atom is -0.292 e. The van der Waals surface area contributed by atoms with E-state index in [0.717, 1.165) is 15.6 Å². The third-order valence-corrected chi connectivity index (χ3v) is 3.08. The van der Waals surface area contributed by atoms with Gasteiger partial charge in [-0.25, -0.2) is 14.0 Å². The largest absolute Gasteiger partial charge is 0.440 e. The molecule has 1 amide bonds. The van der Waals surface area contributed by atoms with Crippen molar-refractivity contribution in [2.45, 2.75) is 0 Å². The SMILES string of the molecule is CN(C(=O)On1nnn(-c2cccc(F)c2)c1=O)c1cccnc1.